The van der Waals surface area contributed by atoms with Crippen LogP contribution in [-0.2, 0) is 16.1 Å². The van der Waals surface area contributed by atoms with Crippen LogP contribution in [0.2, 0.25) is 5.02 Å². The van der Waals surface area contributed by atoms with Gasteiger partial charge >= 0.3 is 0 Å². The number of rotatable bonds is 4. The van der Waals surface area contributed by atoms with E-state index < -0.39 is 0 Å². The molecule has 2 heterocycles. The first kappa shape index (κ1) is 15.8. The summed E-state index contributed by atoms with van der Waals surface area (Å²) in [6.07, 6.45) is 1.93. The largest absolute Gasteiger partial charge is 0.383 e. The number of aryl methyl sites for hydroxylation is 1. The minimum Gasteiger partial charge on any atom is -0.383 e. The predicted molar refractivity (Wildman–Crippen MR) is 93.7 cm³/mol. The number of aromatic nitrogens is 1. The van der Waals surface area contributed by atoms with E-state index in [-0.39, 0.29) is 5.91 Å². The summed E-state index contributed by atoms with van der Waals surface area (Å²) in [6.45, 7) is 5.57. The Bertz CT molecular complexity index is 806. The lowest BCUT2D eigenvalue weighted by atomic mass is 10.0. The van der Waals surface area contributed by atoms with Crippen molar-refractivity contribution in [2.45, 2.75) is 20.4 Å². The molecule has 1 aromatic carbocycles. The average Bonchev–Trinajstić information content (AvgIpc) is 2.96. The van der Waals surface area contributed by atoms with Crippen LogP contribution in [0.1, 0.15) is 22.5 Å². The van der Waals surface area contributed by atoms with Crippen LogP contribution in [0.4, 0.5) is 5.69 Å². The lowest BCUT2D eigenvalue weighted by molar-refractivity contribution is -0.110. The van der Waals surface area contributed by atoms with Crippen molar-refractivity contribution in [1.82, 2.24) is 4.57 Å². The summed E-state index contributed by atoms with van der Waals surface area (Å²) in [5.74, 6) is -0.0936. The molecule has 1 aromatic heterocycles. The van der Waals surface area contributed by atoms with Gasteiger partial charge in [0.15, 0.2) is 0 Å². The van der Waals surface area contributed by atoms with Crippen molar-refractivity contribution in [3.63, 3.8) is 0 Å². The molecule has 4 nitrogen and oxygen atoms in total. The van der Waals surface area contributed by atoms with E-state index in [2.05, 4.69) is 29.8 Å². The maximum Gasteiger partial charge on any atom is 0.256 e. The Morgan fingerprint density at radius 1 is 1.30 bits per heavy atom. The number of nitrogens with zero attached hydrogens (tertiary/aromatic N) is 1. The van der Waals surface area contributed by atoms with Crippen LogP contribution in [0.5, 0.6) is 0 Å². The normalized spacial score (nSPS) is 15.1. The van der Waals surface area contributed by atoms with Crippen molar-refractivity contribution < 1.29 is 9.53 Å². The van der Waals surface area contributed by atoms with Gasteiger partial charge in [0.25, 0.3) is 5.91 Å². The molecule has 1 amide bonds. The first-order chi connectivity index (χ1) is 11.0. The number of nitrogens with one attached hydrogen (secondary N) is 1. The van der Waals surface area contributed by atoms with E-state index in [1.807, 2.05) is 18.2 Å². The quantitative estimate of drug-likeness (QED) is 0.864. The molecule has 0 radical (unpaired) electrons. The minimum atomic E-state index is -0.0936. The highest BCUT2D eigenvalue weighted by Crippen LogP contribution is 2.35. The van der Waals surface area contributed by atoms with E-state index >= 15 is 0 Å². The highest BCUT2D eigenvalue weighted by molar-refractivity contribution is 6.36. The van der Waals surface area contributed by atoms with Crippen molar-refractivity contribution in [2.75, 3.05) is 19.0 Å². The van der Waals surface area contributed by atoms with Gasteiger partial charge in [0.05, 0.1) is 6.61 Å². The molecule has 5 heteroatoms. The maximum atomic E-state index is 12.3. The average molecular weight is 331 g/mol. The van der Waals surface area contributed by atoms with Gasteiger partial charge in [-0.2, -0.15) is 0 Å². The molecule has 0 atom stereocenters. The Hall–Kier alpha value is -2.04. The third-order valence-electron chi connectivity index (χ3n) is 4.20. The minimum absolute atomic E-state index is 0.0936. The highest BCUT2D eigenvalue weighted by Gasteiger charge is 2.24. The molecule has 0 fully saturated rings. The Kier molecular flexibility index (Phi) is 4.28. The van der Waals surface area contributed by atoms with Crippen molar-refractivity contribution in [3.8, 4) is 0 Å². The van der Waals surface area contributed by atoms with Gasteiger partial charge in [-0.3, -0.25) is 4.79 Å². The van der Waals surface area contributed by atoms with E-state index in [1.165, 1.54) is 0 Å². The molecule has 3 rings (SSSR count). The van der Waals surface area contributed by atoms with Crippen LogP contribution in [0.25, 0.3) is 11.6 Å². The van der Waals surface area contributed by atoms with Crippen molar-refractivity contribution in [2.24, 2.45) is 0 Å². The van der Waals surface area contributed by atoms with Gasteiger partial charge in [0, 0.05) is 46.9 Å². The Morgan fingerprint density at radius 2 is 2.09 bits per heavy atom. The Labute approximate surface area is 140 Å². The highest BCUT2D eigenvalue weighted by atomic mass is 35.5. The van der Waals surface area contributed by atoms with Crippen molar-refractivity contribution in [1.29, 1.82) is 0 Å². The van der Waals surface area contributed by atoms with Crippen LogP contribution in [0.15, 0.2) is 24.3 Å². The molecule has 1 aliphatic rings. The fourth-order valence-corrected chi connectivity index (χ4v) is 3.13. The van der Waals surface area contributed by atoms with Gasteiger partial charge in [-0.05, 0) is 49.8 Å². The first-order valence-electron chi connectivity index (χ1n) is 7.50. The van der Waals surface area contributed by atoms with Crippen LogP contribution >= 0.6 is 11.6 Å². The van der Waals surface area contributed by atoms with Crippen LogP contribution in [0, 0.1) is 13.8 Å². The summed E-state index contributed by atoms with van der Waals surface area (Å²) in [6, 6.07) is 7.52. The second kappa shape index (κ2) is 6.22. The molecule has 1 aliphatic heterocycles. The smallest absolute Gasteiger partial charge is 0.256 e. The van der Waals surface area contributed by atoms with E-state index in [9.17, 15) is 4.79 Å². The third-order valence-corrected chi connectivity index (χ3v) is 4.43. The fourth-order valence-electron chi connectivity index (χ4n) is 2.96. The van der Waals surface area contributed by atoms with Crippen LogP contribution in [0.3, 0.4) is 0 Å². The number of amides is 1. The number of hydrogen-bond acceptors (Lipinski definition) is 2. The number of hydrogen-bond donors (Lipinski definition) is 1. The zero-order chi connectivity index (χ0) is 16.6. The molecule has 120 valence electrons. The molecule has 0 unspecified atom stereocenters. The monoisotopic (exact) mass is 330 g/mol. The molecule has 0 bridgehead atoms. The van der Waals surface area contributed by atoms with Gasteiger partial charge in [-0.1, -0.05) is 11.6 Å². The van der Waals surface area contributed by atoms with Crippen molar-refractivity contribution in [3.05, 3.63) is 51.8 Å². The number of carbonyl (C=O) groups excluding carboxylic acids is 1. The number of benzene rings is 1. The Morgan fingerprint density at radius 3 is 2.83 bits per heavy atom. The third kappa shape index (κ3) is 2.92. The topological polar surface area (TPSA) is 43.3 Å². The van der Waals surface area contributed by atoms with Gasteiger partial charge < -0.3 is 14.6 Å². The number of anilines is 1. The Balaban J connectivity index is 2.03. The van der Waals surface area contributed by atoms with E-state index in [0.717, 1.165) is 34.7 Å². The zero-order valence-corrected chi connectivity index (χ0v) is 14.2. The molecule has 23 heavy (non-hydrogen) atoms. The van der Waals surface area contributed by atoms with Gasteiger partial charge in [-0.15, -0.1) is 0 Å². The standard InChI is InChI=1S/C18H19ClN2O2/c1-11-8-13(12(2)21(11)6-7-23-3)9-16-15-10-14(19)4-5-17(15)20-18(16)22/h4-5,8-10H,6-7H2,1-3H3,(H,20,22)/b16-9-. The fraction of sp³-hybridized carbons (Fsp3) is 0.278. The number of methoxy groups -OCH3 is 1. The van der Waals surface area contributed by atoms with E-state index in [4.69, 9.17) is 16.3 Å². The molecule has 2 aromatic rings. The number of ether oxygens (including phenoxy) is 1. The summed E-state index contributed by atoms with van der Waals surface area (Å²) in [4.78, 5) is 12.3. The van der Waals surface area contributed by atoms with E-state index in [0.29, 0.717) is 17.2 Å². The maximum absolute atomic E-state index is 12.3. The first-order valence-corrected chi connectivity index (χ1v) is 7.87. The molecule has 0 spiro atoms. The summed E-state index contributed by atoms with van der Waals surface area (Å²) in [5, 5.41) is 3.50. The second-order valence-electron chi connectivity index (χ2n) is 5.67. The SMILES string of the molecule is COCCn1c(C)cc(/C=C2\C(=O)Nc3ccc(Cl)cc32)c1C. The lowest BCUT2D eigenvalue weighted by Gasteiger charge is -2.08. The molecule has 1 N–H and O–H groups in total. The van der Waals surface area contributed by atoms with E-state index in [1.54, 1.807) is 13.2 Å². The molecular weight excluding hydrogens is 312 g/mol. The molecule has 0 saturated carbocycles. The molecule has 0 aliphatic carbocycles. The number of fused-ring (bicyclic) bond motifs is 1. The molecule has 0 saturated heterocycles. The summed E-state index contributed by atoms with van der Waals surface area (Å²) in [7, 11) is 1.70. The predicted octanol–water partition coefficient (Wildman–Crippen LogP) is 3.90. The summed E-state index contributed by atoms with van der Waals surface area (Å²) < 4.78 is 7.36. The van der Waals surface area contributed by atoms with Crippen molar-refractivity contribution >= 4 is 34.8 Å². The lowest BCUT2D eigenvalue weighted by Crippen LogP contribution is -2.07. The summed E-state index contributed by atoms with van der Waals surface area (Å²) in [5.41, 5.74) is 5.61. The number of carbonyl (C=O) groups is 1. The summed E-state index contributed by atoms with van der Waals surface area (Å²) >= 11 is 6.07. The van der Waals surface area contributed by atoms with Gasteiger partial charge in [0.1, 0.15) is 0 Å². The van der Waals surface area contributed by atoms with Gasteiger partial charge in [-0.25, -0.2) is 0 Å². The van der Waals surface area contributed by atoms with Crippen LogP contribution in [-0.4, -0.2) is 24.2 Å². The number of halogens is 1. The van der Waals surface area contributed by atoms with Gasteiger partial charge in [0.2, 0.25) is 0 Å². The second-order valence-corrected chi connectivity index (χ2v) is 6.11. The zero-order valence-electron chi connectivity index (χ0n) is 13.4. The van der Waals surface area contributed by atoms with Crippen LogP contribution < -0.4 is 5.32 Å². The molecular formula is C18H19ClN2O2.